The monoisotopic (exact) mass is 292 g/mol. The van der Waals surface area contributed by atoms with Gasteiger partial charge in [-0.3, -0.25) is 0 Å². The van der Waals surface area contributed by atoms with Gasteiger partial charge in [0.1, 0.15) is 5.01 Å². The molecule has 1 aromatic heterocycles. The van der Waals surface area contributed by atoms with E-state index in [-0.39, 0.29) is 5.54 Å². The molecule has 1 saturated carbocycles. The lowest BCUT2D eigenvalue weighted by Gasteiger charge is -2.42. The molecule has 0 saturated heterocycles. The molecule has 2 nitrogen and oxygen atoms in total. The second-order valence-corrected chi connectivity index (χ2v) is 8.15. The van der Waals surface area contributed by atoms with Gasteiger partial charge in [0.05, 0.1) is 11.2 Å². The minimum Gasteiger partial charge on any atom is -0.306 e. The molecule has 0 bridgehead atoms. The Kier molecular flexibility index (Phi) is 4.19. The van der Waals surface area contributed by atoms with Crippen LogP contribution >= 0.6 is 11.3 Å². The van der Waals surface area contributed by atoms with Crippen molar-refractivity contribution in [3.05, 3.63) is 15.6 Å². The molecule has 1 heterocycles. The molecule has 2 unspecified atom stereocenters. The van der Waals surface area contributed by atoms with Crippen molar-refractivity contribution in [1.29, 1.82) is 0 Å². The van der Waals surface area contributed by atoms with Gasteiger partial charge >= 0.3 is 0 Å². The van der Waals surface area contributed by atoms with Crippen molar-refractivity contribution in [2.45, 2.75) is 71.3 Å². The van der Waals surface area contributed by atoms with Gasteiger partial charge in [0, 0.05) is 4.88 Å². The van der Waals surface area contributed by atoms with Crippen LogP contribution in [0.15, 0.2) is 0 Å². The fraction of sp³-hybridized carbons (Fsp3) is 0.824. The van der Waals surface area contributed by atoms with Gasteiger partial charge in [-0.25, -0.2) is 4.98 Å². The maximum absolute atomic E-state index is 5.09. The topological polar surface area (TPSA) is 24.9 Å². The summed E-state index contributed by atoms with van der Waals surface area (Å²) in [6, 6.07) is 0. The van der Waals surface area contributed by atoms with Crippen LogP contribution in [0.2, 0.25) is 0 Å². The number of aryl methyl sites for hydroxylation is 2. The summed E-state index contributed by atoms with van der Waals surface area (Å²) in [4.78, 5) is 6.67. The van der Waals surface area contributed by atoms with E-state index in [1.807, 2.05) is 11.3 Å². The molecule has 1 N–H and O–H groups in total. The van der Waals surface area contributed by atoms with Gasteiger partial charge in [-0.2, -0.15) is 0 Å². The first kappa shape index (κ1) is 14.5. The van der Waals surface area contributed by atoms with E-state index < -0.39 is 0 Å². The van der Waals surface area contributed by atoms with Crippen LogP contribution in [0.5, 0.6) is 0 Å². The Labute approximate surface area is 127 Å². The number of hydrogen-bond donors (Lipinski definition) is 1. The highest BCUT2D eigenvalue weighted by molar-refractivity contribution is 7.11. The van der Waals surface area contributed by atoms with Gasteiger partial charge in [-0.15, -0.1) is 11.3 Å². The van der Waals surface area contributed by atoms with Gasteiger partial charge in [-0.1, -0.05) is 20.8 Å². The fourth-order valence-corrected chi connectivity index (χ4v) is 5.75. The number of thiazole rings is 1. The van der Waals surface area contributed by atoms with Crippen LogP contribution in [0.4, 0.5) is 0 Å². The SMILES string of the molecule is CCNC1(c2nc3c(s2)CCCC3)CC(C)CC(C)C1. The summed E-state index contributed by atoms with van der Waals surface area (Å²) in [5, 5.41) is 5.23. The third-order valence-corrected chi connectivity index (χ3v) is 6.33. The normalized spacial score (nSPS) is 34.0. The molecule has 0 spiro atoms. The van der Waals surface area contributed by atoms with Crippen molar-refractivity contribution in [3.8, 4) is 0 Å². The van der Waals surface area contributed by atoms with Gasteiger partial charge in [0.15, 0.2) is 0 Å². The first-order valence-corrected chi connectivity index (χ1v) is 9.18. The molecule has 0 aromatic carbocycles. The molecule has 112 valence electrons. The number of hydrogen-bond acceptors (Lipinski definition) is 3. The van der Waals surface area contributed by atoms with Crippen molar-refractivity contribution in [1.82, 2.24) is 10.3 Å². The van der Waals surface area contributed by atoms with Crippen LogP contribution in [-0.2, 0) is 18.4 Å². The largest absolute Gasteiger partial charge is 0.306 e. The third kappa shape index (κ3) is 2.67. The maximum Gasteiger partial charge on any atom is 0.113 e. The van der Waals surface area contributed by atoms with Crippen molar-refractivity contribution >= 4 is 11.3 Å². The molecule has 0 aliphatic heterocycles. The third-order valence-electron chi connectivity index (χ3n) is 4.97. The lowest BCUT2D eigenvalue weighted by Crippen LogP contribution is -2.47. The molecule has 2 aliphatic carbocycles. The van der Waals surface area contributed by atoms with Crippen LogP contribution in [-0.4, -0.2) is 11.5 Å². The standard InChI is InChI=1S/C17H28N2S/c1-4-18-17(10-12(2)9-13(3)11-17)16-19-14-7-5-6-8-15(14)20-16/h12-13,18H,4-11H2,1-3H3. The molecule has 0 amide bonds. The van der Waals surface area contributed by atoms with E-state index in [9.17, 15) is 0 Å². The zero-order chi connectivity index (χ0) is 14.2. The molecular formula is C17H28N2S. The number of nitrogens with zero attached hydrogens (tertiary/aromatic N) is 1. The van der Waals surface area contributed by atoms with Crippen LogP contribution in [0.25, 0.3) is 0 Å². The molecule has 3 heteroatoms. The maximum atomic E-state index is 5.09. The fourth-order valence-electron chi connectivity index (χ4n) is 4.42. The van der Waals surface area contributed by atoms with Gasteiger partial charge < -0.3 is 5.32 Å². The quantitative estimate of drug-likeness (QED) is 0.899. The Morgan fingerprint density at radius 3 is 2.55 bits per heavy atom. The van der Waals surface area contributed by atoms with Crippen molar-refractivity contribution in [2.75, 3.05) is 6.54 Å². The summed E-state index contributed by atoms with van der Waals surface area (Å²) >= 11 is 2.01. The Morgan fingerprint density at radius 2 is 1.90 bits per heavy atom. The van der Waals surface area contributed by atoms with Crippen molar-refractivity contribution in [2.24, 2.45) is 11.8 Å². The number of fused-ring (bicyclic) bond motifs is 1. The summed E-state index contributed by atoms with van der Waals surface area (Å²) in [5.41, 5.74) is 1.58. The highest BCUT2D eigenvalue weighted by atomic mass is 32.1. The average Bonchev–Trinajstić information content (AvgIpc) is 2.82. The number of nitrogens with one attached hydrogen (secondary N) is 1. The Bertz CT molecular complexity index is 432. The summed E-state index contributed by atoms with van der Waals surface area (Å²) in [6.45, 7) is 8.10. The van der Waals surface area contributed by atoms with E-state index in [1.54, 1.807) is 4.88 Å². The minimum absolute atomic E-state index is 0.161. The smallest absolute Gasteiger partial charge is 0.113 e. The highest BCUT2D eigenvalue weighted by Crippen LogP contribution is 2.45. The van der Waals surface area contributed by atoms with Crippen molar-refractivity contribution in [3.63, 3.8) is 0 Å². The Morgan fingerprint density at radius 1 is 1.20 bits per heavy atom. The molecular weight excluding hydrogens is 264 g/mol. The van der Waals surface area contributed by atoms with Crippen LogP contribution in [0.3, 0.4) is 0 Å². The molecule has 2 aliphatic rings. The van der Waals surface area contributed by atoms with Crippen LogP contribution in [0.1, 0.15) is 68.5 Å². The van der Waals surface area contributed by atoms with E-state index in [1.165, 1.54) is 55.6 Å². The Hall–Kier alpha value is -0.410. The van der Waals surface area contributed by atoms with E-state index in [2.05, 4.69) is 26.1 Å². The molecule has 0 radical (unpaired) electrons. The van der Waals surface area contributed by atoms with E-state index >= 15 is 0 Å². The van der Waals surface area contributed by atoms with Crippen LogP contribution < -0.4 is 5.32 Å². The first-order chi connectivity index (χ1) is 9.63. The lowest BCUT2D eigenvalue weighted by atomic mass is 9.72. The first-order valence-electron chi connectivity index (χ1n) is 8.37. The van der Waals surface area contributed by atoms with E-state index in [4.69, 9.17) is 4.98 Å². The summed E-state index contributed by atoms with van der Waals surface area (Å²) in [7, 11) is 0. The highest BCUT2D eigenvalue weighted by Gasteiger charge is 2.41. The van der Waals surface area contributed by atoms with Gasteiger partial charge in [0.2, 0.25) is 0 Å². The van der Waals surface area contributed by atoms with E-state index in [0.717, 1.165) is 18.4 Å². The van der Waals surface area contributed by atoms with Crippen molar-refractivity contribution < 1.29 is 0 Å². The predicted octanol–water partition coefficient (Wildman–Crippen LogP) is 4.28. The second kappa shape index (κ2) is 5.76. The number of aromatic nitrogens is 1. The zero-order valence-electron chi connectivity index (χ0n) is 13.2. The average molecular weight is 292 g/mol. The molecule has 2 atom stereocenters. The molecule has 20 heavy (non-hydrogen) atoms. The summed E-state index contributed by atoms with van der Waals surface area (Å²) in [6.07, 6.45) is 9.06. The zero-order valence-corrected chi connectivity index (χ0v) is 14.0. The molecule has 1 fully saturated rings. The summed E-state index contributed by atoms with van der Waals surface area (Å²) < 4.78 is 0. The van der Waals surface area contributed by atoms with Gasteiger partial charge in [-0.05, 0) is 63.3 Å². The minimum atomic E-state index is 0.161. The van der Waals surface area contributed by atoms with Crippen LogP contribution in [0, 0.1) is 11.8 Å². The lowest BCUT2D eigenvalue weighted by molar-refractivity contribution is 0.145. The Balaban J connectivity index is 1.94. The predicted molar refractivity (Wildman–Crippen MR) is 86.3 cm³/mol. The second-order valence-electron chi connectivity index (χ2n) is 7.06. The van der Waals surface area contributed by atoms with E-state index in [0.29, 0.717) is 0 Å². The van der Waals surface area contributed by atoms with Gasteiger partial charge in [0.25, 0.3) is 0 Å². The summed E-state index contributed by atoms with van der Waals surface area (Å²) in [5.74, 6) is 1.61. The molecule has 3 rings (SSSR count). The number of rotatable bonds is 3. The molecule has 1 aromatic rings.